The van der Waals surface area contributed by atoms with Crippen LogP contribution in [0.2, 0.25) is 0 Å². The highest BCUT2D eigenvalue weighted by Gasteiger charge is 2.26. The molecule has 0 aliphatic carbocycles. The quantitative estimate of drug-likeness (QED) is 0.805. The molecule has 3 nitrogen and oxygen atoms in total. The predicted molar refractivity (Wildman–Crippen MR) is 73.6 cm³/mol. The van der Waals surface area contributed by atoms with Gasteiger partial charge in [-0.15, -0.1) is 11.8 Å². The van der Waals surface area contributed by atoms with E-state index in [0.29, 0.717) is 12.4 Å². The lowest BCUT2D eigenvalue weighted by atomic mass is 10.2. The van der Waals surface area contributed by atoms with Crippen LogP contribution in [0, 0.1) is 0 Å². The van der Waals surface area contributed by atoms with Crippen LogP contribution in [0.1, 0.15) is 12.5 Å². The van der Waals surface area contributed by atoms with Crippen LogP contribution in [0.25, 0.3) is 0 Å². The summed E-state index contributed by atoms with van der Waals surface area (Å²) in [4.78, 5) is 15.9. The molecule has 17 heavy (non-hydrogen) atoms. The number of rotatable bonds is 3. The molecule has 0 amide bonds. The van der Waals surface area contributed by atoms with Crippen LogP contribution in [0.5, 0.6) is 0 Å². The number of benzene rings is 1. The highest BCUT2D eigenvalue weighted by Crippen LogP contribution is 2.25. The van der Waals surface area contributed by atoms with Gasteiger partial charge in [-0.25, -0.2) is 4.79 Å². The SMILES string of the molecule is CCOC(=O)[C@@H]1CSC(c2ccc(Br)cc2)=N1. The lowest BCUT2D eigenvalue weighted by molar-refractivity contribution is -0.143. The zero-order valence-corrected chi connectivity index (χ0v) is 11.8. The molecular formula is C12H12BrNO2S. The third-order valence-electron chi connectivity index (χ3n) is 2.30. The Bertz CT molecular complexity index is 444. The fourth-order valence-electron chi connectivity index (χ4n) is 1.48. The molecule has 0 unspecified atom stereocenters. The molecule has 1 heterocycles. The molecule has 0 bridgehead atoms. The van der Waals surface area contributed by atoms with Crippen LogP contribution in [0.3, 0.4) is 0 Å². The number of halogens is 1. The minimum Gasteiger partial charge on any atom is -0.464 e. The smallest absolute Gasteiger partial charge is 0.331 e. The molecule has 5 heteroatoms. The van der Waals surface area contributed by atoms with E-state index in [1.807, 2.05) is 24.3 Å². The van der Waals surface area contributed by atoms with E-state index in [0.717, 1.165) is 15.1 Å². The third kappa shape index (κ3) is 3.10. The molecule has 1 aromatic rings. The lowest BCUT2D eigenvalue weighted by Crippen LogP contribution is -2.21. The number of nitrogens with zero attached hydrogens (tertiary/aromatic N) is 1. The summed E-state index contributed by atoms with van der Waals surface area (Å²) in [5.41, 5.74) is 1.05. The van der Waals surface area contributed by atoms with Crippen LogP contribution < -0.4 is 0 Å². The predicted octanol–water partition coefficient (Wildman–Crippen LogP) is 2.87. The minimum atomic E-state index is -0.349. The molecule has 0 spiro atoms. The molecule has 0 fully saturated rings. The topological polar surface area (TPSA) is 38.7 Å². The van der Waals surface area contributed by atoms with Crippen molar-refractivity contribution in [1.29, 1.82) is 0 Å². The lowest BCUT2D eigenvalue weighted by Gasteiger charge is -2.03. The second-order valence-corrected chi connectivity index (χ2v) is 5.44. The van der Waals surface area contributed by atoms with E-state index in [4.69, 9.17) is 4.74 Å². The molecule has 2 rings (SSSR count). The van der Waals surface area contributed by atoms with E-state index in [2.05, 4.69) is 20.9 Å². The molecule has 90 valence electrons. The van der Waals surface area contributed by atoms with E-state index in [1.54, 1.807) is 18.7 Å². The first-order valence-electron chi connectivity index (χ1n) is 5.34. The normalized spacial score (nSPS) is 18.9. The van der Waals surface area contributed by atoms with Crippen LogP contribution in [0.4, 0.5) is 0 Å². The van der Waals surface area contributed by atoms with Gasteiger partial charge in [0.05, 0.1) is 11.7 Å². The highest BCUT2D eigenvalue weighted by molar-refractivity contribution is 9.10. The molecule has 0 aromatic heterocycles. The highest BCUT2D eigenvalue weighted by atomic mass is 79.9. The second-order valence-electron chi connectivity index (χ2n) is 3.52. The fourth-order valence-corrected chi connectivity index (χ4v) is 2.78. The van der Waals surface area contributed by atoms with E-state index in [-0.39, 0.29) is 12.0 Å². The van der Waals surface area contributed by atoms with Gasteiger partial charge in [0.15, 0.2) is 6.04 Å². The summed E-state index contributed by atoms with van der Waals surface area (Å²) in [6.45, 7) is 2.21. The maximum atomic E-state index is 11.5. The Morgan fingerprint density at radius 2 is 2.24 bits per heavy atom. The largest absolute Gasteiger partial charge is 0.464 e. The number of carbonyl (C=O) groups is 1. The molecule has 1 atom stereocenters. The molecule has 1 aromatic carbocycles. The van der Waals surface area contributed by atoms with Crippen LogP contribution in [-0.4, -0.2) is 29.4 Å². The monoisotopic (exact) mass is 313 g/mol. The van der Waals surface area contributed by atoms with E-state index >= 15 is 0 Å². The van der Waals surface area contributed by atoms with Crippen molar-refractivity contribution in [3.05, 3.63) is 34.3 Å². The molecule has 1 aliphatic rings. The summed E-state index contributed by atoms with van der Waals surface area (Å²) in [5, 5.41) is 0.913. The fraction of sp³-hybridized carbons (Fsp3) is 0.333. The zero-order chi connectivity index (χ0) is 12.3. The van der Waals surface area contributed by atoms with E-state index < -0.39 is 0 Å². The van der Waals surface area contributed by atoms with Crippen LogP contribution in [-0.2, 0) is 9.53 Å². The number of thioether (sulfide) groups is 1. The number of aliphatic imine (C=N–C) groups is 1. The van der Waals surface area contributed by atoms with Gasteiger partial charge < -0.3 is 4.74 Å². The van der Waals surface area contributed by atoms with Gasteiger partial charge in [0.25, 0.3) is 0 Å². The number of ether oxygens (including phenoxy) is 1. The number of esters is 1. The van der Waals surface area contributed by atoms with Gasteiger partial charge in [-0.3, -0.25) is 4.99 Å². The molecular weight excluding hydrogens is 302 g/mol. The number of hydrogen-bond donors (Lipinski definition) is 0. The van der Waals surface area contributed by atoms with Crippen molar-refractivity contribution in [2.24, 2.45) is 4.99 Å². The second kappa shape index (κ2) is 5.69. The van der Waals surface area contributed by atoms with Gasteiger partial charge in [-0.05, 0) is 19.1 Å². The Balaban J connectivity index is 2.11. The average molecular weight is 314 g/mol. The maximum Gasteiger partial charge on any atom is 0.331 e. The van der Waals surface area contributed by atoms with Crippen LogP contribution in [0.15, 0.2) is 33.7 Å². The van der Waals surface area contributed by atoms with Crippen molar-refractivity contribution < 1.29 is 9.53 Å². The number of hydrogen-bond acceptors (Lipinski definition) is 4. The molecule has 0 radical (unpaired) electrons. The summed E-state index contributed by atoms with van der Waals surface area (Å²) in [6, 6.07) is 7.57. The summed E-state index contributed by atoms with van der Waals surface area (Å²) in [6.07, 6.45) is 0. The molecule has 0 saturated heterocycles. The van der Waals surface area contributed by atoms with Crippen molar-refractivity contribution in [3.63, 3.8) is 0 Å². The standard InChI is InChI=1S/C12H12BrNO2S/c1-2-16-12(15)10-7-17-11(14-10)8-3-5-9(13)6-4-8/h3-6,10H,2,7H2,1H3/t10-/m0/s1. The van der Waals surface area contributed by atoms with Crippen molar-refractivity contribution >= 4 is 38.7 Å². The van der Waals surface area contributed by atoms with Crippen LogP contribution >= 0.6 is 27.7 Å². The van der Waals surface area contributed by atoms with Crippen molar-refractivity contribution in [1.82, 2.24) is 0 Å². The summed E-state index contributed by atoms with van der Waals surface area (Å²) in [5.74, 6) is 0.441. The Labute approximate surface area is 113 Å². The van der Waals surface area contributed by atoms with Crippen molar-refractivity contribution in [3.8, 4) is 0 Å². The maximum absolute atomic E-state index is 11.5. The first kappa shape index (κ1) is 12.6. The first-order valence-corrected chi connectivity index (χ1v) is 7.11. The molecule has 1 aliphatic heterocycles. The van der Waals surface area contributed by atoms with Gasteiger partial charge >= 0.3 is 5.97 Å². The number of carbonyl (C=O) groups excluding carboxylic acids is 1. The van der Waals surface area contributed by atoms with Gasteiger partial charge in [-0.2, -0.15) is 0 Å². The Morgan fingerprint density at radius 3 is 2.88 bits per heavy atom. The summed E-state index contributed by atoms with van der Waals surface area (Å²) < 4.78 is 6.00. The van der Waals surface area contributed by atoms with Gasteiger partial charge in [-0.1, -0.05) is 28.1 Å². The Hall–Kier alpha value is -0.810. The zero-order valence-electron chi connectivity index (χ0n) is 9.35. The average Bonchev–Trinajstić information content (AvgIpc) is 2.80. The minimum absolute atomic E-state index is 0.230. The van der Waals surface area contributed by atoms with E-state index in [9.17, 15) is 4.79 Å². The van der Waals surface area contributed by atoms with Crippen molar-refractivity contribution in [2.45, 2.75) is 13.0 Å². The van der Waals surface area contributed by atoms with Crippen molar-refractivity contribution in [2.75, 3.05) is 12.4 Å². The summed E-state index contributed by atoms with van der Waals surface area (Å²) >= 11 is 4.99. The van der Waals surface area contributed by atoms with Gasteiger partial charge in [0.1, 0.15) is 0 Å². The Morgan fingerprint density at radius 1 is 1.53 bits per heavy atom. The summed E-state index contributed by atoms with van der Waals surface area (Å²) in [7, 11) is 0. The molecule has 0 N–H and O–H groups in total. The third-order valence-corrected chi connectivity index (χ3v) is 3.93. The first-order chi connectivity index (χ1) is 8.20. The molecule has 0 saturated carbocycles. The van der Waals surface area contributed by atoms with Gasteiger partial charge in [0, 0.05) is 15.8 Å². The van der Waals surface area contributed by atoms with E-state index in [1.165, 1.54) is 0 Å². The van der Waals surface area contributed by atoms with Gasteiger partial charge in [0.2, 0.25) is 0 Å². The Kier molecular flexibility index (Phi) is 4.23.